The van der Waals surface area contributed by atoms with Gasteiger partial charge in [0.1, 0.15) is 0 Å². The van der Waals surface area contributed by atoms with Crippen LogP contribution in [0.2, 0.25) is 0 Å². The monoisotopic (exact) mass is 181 g/mol. The van der Waals surface area contributed by atoms with Gasteiger partial charge in [-0.3, -0.25) is 0 Å². The summed E-state index contributed by atoms with van der Waals surface area (Å²) in [7, 11) is 1.59. The first-order valence-electron chi connectivity index (χ1n) is 4.31. The van der Waals surface area contributed by atoms with Crippen molar-refractivity contribution >= 4 is 0 Å². The summed E-state index contributed by atoms with van der Waals surface area (Å²) in [6.07, 6.45) is 0.709. The van der Waals surface area contributed by atoms with E-state index < -0.39 is 0 Å². The van der Waals surface area contributed by atoms with Crippen LogP contribution in [0.1, 0.15) is 11.1 Å². The van der Waals surface area contributed by atoms with Crippen molar-refractivity contribution in [3.05, 3.63) is 35.4 Å². The van der Waals surface area contributed by atoms with E-state index in [9.17, 15) is 0 Å². The van der Waals surface area contributed by atoms with Gasteiger partial charge in [-0.1, -0.05) is 24.3 Å². The number of hydrogen-bond acceptors (Lipinski definition) is 3. The van der Waals surface area contributed by atoms with Crippen molar-refractivity contribution in [3.63, 3.8) is 0 Å². The molecule has 0 unspecified atom stereocenters. The lowest BCUT2D eigenvalue weighted by Crippen LogP contribution is -2.10. The Morgan fingerprint density at radius 3 is 2.85 bits per heavy atom. The molecule has 2 N–H and O–H groups in total. The van der Waals surface area contributed by atoms with Crippen molar-refractivity contribution in [3.8, 4) is 0 Å². The third kappa shape index (κ3) is 3.55. The molecule has 0 aliphatic carbocycles. The van der Waals surface area contributed by atoms with Gasteiger partial charge in [0.05, 0.1) is 7.11 Å². The van der Waals surface area contributed by atoms with Gasteiger partial charge in [-0.05, 0) is 17.5 Å². The van der Waals surface area contributed by atoms with Crippen molar-refractivity contribution in [2.45, 2.75) is 13.0 Å². The van der Waals surface area contributed by atoms with Crippen LogP contribution in [-0.4, -0.2) is 18.8 Å². The van der Waals surface area contributed by atoms with E-state index in [0.717, 1.165) is 11.1 Å². The number of hydrogen-bond donors (Lipinski definition) is 2. The molecule has 0 bridgehead atoms. The molecule has 0 aromatic heterocycles. The molecule has 13 heavy (non-hydrogen) atoms. The van der Waals surface area contributed by atoms with Crippen LogP contribution < -0.4 is 5.48 Å². The SMILES string of the molecule is CONCc1cccc(CCO)c1. The van der Waals surface area contributed by atoms with Crippen LogP contribution in [0.4, 0.5) is 0 Å². The highest BCUT2D eigenvalue weighted by atomic mass is 16.6. The fourth-order valence-corrected chi connectivity index (χ4v) is 1.18. The molecule has 0 spiro atoms. The van der Waals surface area contributed by atoms with Crippen LogP contribution in [0.3, 0.4) is 0 Å². The molecule has 0 fully saturated rings. The normalized spacial score (nSPS) is 10.3. The molecular formula is C10H15NO2. The van der Waals surface area contributed by atoms with E-state index in [-0.39, 0.29) is 6.61 Å². The Kier molecular flexibility index (Phi) is 4.46. The second-order valence-corrected chi connectivity index (χ2v) is 2.82. The minimum Gasteiger partial charge on any atom is -0.396 e. The van der Waals surface area contributed by atoms with Gasteiger partial charge in [-0.25, -0.2) is 0 Å². The van der Waals surface area contributed by atoms with Gasteiger partial charge >= 0.3 is 0 Å². The number of aliphatic hydroxyl groups excluding tert-OH is 1. The molecule has 1 aromatic rings. The maximum atomic E-state index is 8.75. The quantitative estimate of drug-likeness (QED) is 0.662. The Balaban J connectivity index is 2.56. The molecule has 0 radical (unpaired) electrons. The van der Waals surface area contributed by atoms with Crippen LogP contribution in [0, 0.1) is 0 Å². The lowest BCUT2D eigenvalue weighted by Gasteiger charge is -2.04. The fourth-order valence-electron chi connectivity index (χ4n) is 1.18. The van der Waals surface area contributed by atoms with Crippen molar-refractivity contribution < 1.29 is 9.94 Å². The maximum absolute atomic E-state index is 8.75. The minimum absolute atomic E-state index is 0.196. The van der Waals surface area contributed by atoms with Crippen LogP contribution >= 0.6 is 0 Å². The highest BCUT2D eigenvalue weighted by Crippen LogP contribution is 2.05. The van der Waals surface area contributed by atoms with E-state index in [2.05, 4.69) is 11.5 Å². The predicted octanol–water partition coefficient (Wildman–Crippen LogP) is 0.872. The third-order valence-corrected chi connectivity index (χ3v) is 1.81. The summed E-state index contributed by atoms with van der Waals surface area (Å²) in [5, 5.41) is 8.75. The van der Waals surface area contributed by atoms with Gasteiger partial charge < -0.3 is 9.94 Å². The summed E-state index contributed by atoms with van der Waals surface area (Å²) in [4.78, 5) is 4.75. The molecule has 0 saturated carbocycles. The Labute approximate surface area is 78.3 Å². The second-order valence-electron chi connectivity index (χ2n) is 2.82. The summed E-state index contributed by atoms with van der Waals surface area (Å²) in [6, 6.07) is 8.07. The predicted molar refractivity (Wildman–Crippen MR) is 51.1 cm³/mol. The lowest BCUT2D eigenvalue weighted by molar-refractivity contribution is 0.0867. The largest absolute Gasteiger partial charge is 0.396 e. The van der Waals surface area contributed by atoms with E-state index in [1.165, 1.54) is 0 Å². The summed E-state index contributed by atoms with van der Waals surface area (Å²) in [5.41, 5.74) is 5.08. The van der Waals surface area contributed by atoms with Crippen molar-refractivity contribution in [2.24, 2.45) is 0 Å². The van der Waals surface area contributed by atoms with Crippen LogP contribution in [-0.2, 0) is 17.8 Å². The smallest absolute Gasteiger partial charge is 0.0572 e. The average molecular weight is 181 g/mol. The number of benzene rings is 1. The summed E-state index contributed by atoms with van der Waals surface area (Å²) in [6.45, 7) is 0.886. The molecule has 0 aliphatic heterocycles. The summed E-state index contributed by atoms with van der Waals surface area (Å²) >= 11 is 0. The Morgan fingerprint density at radius 2 is 2.15 bits per heavy atom. The first-order valence-corrected chi connectivity index (χ1v) is 4.31. The van der Waals surface area contributed by atoms with Gasteiger partial charge in [-0.2, -0.15) is 5.48 Å². The molecule has 0 saturated heterocycles. The first kappa shape index (κ1) is 10.2. The van der Waals surface area contributed by atoms with E-state index in [4.69, 9.17) is 9.94 Å². The van der Waals surface area contributed by atoms with Gasteiger partial charge in [0.15, 0.2) is 0 Å². The zero-order chi connectivity index (χ0) is 9.52. The van der Waals surface area contributed by atoms with E-state index >= 15 is 0 Å². The molecule has 0 amide bonds. The van der Waals surface area contributed by atoms with E-state index in [1.807, 2.05) is 18.2 Å². The molecule has 3 nitrogen and oxygen atoms in total. The molecule has 0 atom stereocenters. The Morgan fingerprint density at radius 1 is 1.38 bits per heavy atom. The number of rotatable bonds is 5. The lowest BCUT2D eigenvalue weighted by atomic mass is 10.1. The van der Waals surface area contributed by atoms with E-state index in [1.54, 1.807) is 7.11 Å². The standard InChI is InChI=1S/C10H15NO2/c1-13-11-8-10-4-2-3-9(7-10)5-6-12/h2-4,7,11-12H,5-6,8H2,1H3. The summed E-state index contributed by atoms with van der Waals surface area (Å²) in [5.74, 6) is 0. The fraction of sp³-hybridized carbons (Fsp3) is 0.400. The number of nitrogens with one attached hydrogen (secondary N) is 1. The minimum atomic E-state index is 0.196. The van der Waals surface area contributed by atoms with Gasteiger partial charge in [0.2, 0.25) is 0 Å². The van der Waals surface area contributed by atoms with Crippen molar-refractivity contribution in [1.82, 2.24) is 5.48 Å². The zero-order valence-electron chi connectivity index (χ0n) is 7.79. The molecule has 72 valence electrons. The Hall–Kier alpha value is -0.900. The van der Waals surface area contributed by atoms with Gasteiger partial charge in [0.25, 0.3) is 0 Å². The maximum Gasteiger partial charge on any atom is 0.0572 e. The van der Waals surface area contributed by atoms with Crippen LogP contribution in [0.5, 0.6) is 0 Å². The second kappa shape index (κ2) is 5.70. The highest BCUT2D eigenvalue weighted by molar-refractivity contribution is 5.23. The summed E-state index contributed by atoms with van der Waals surface area (Å²) < 4.78 is 0. The zero-order valence-corrected chi connectivity index (χ0v) is 7.79. The first-order chi connectivity index (χ1) is 6.36. The van der Waals surface area contributed by atoms with Crippen LogP contribution in [0.15, 0.2) is 24.3 Å². The van der Waals surface area contributed by atoms with Crippen LogP contribution in [0.25, 0.3) is 0 Å². The molecule has 0 aliphatic rings. The molecule has 1 aromatic carbocycles. The topological polar surface area (TPSA) is 41.5 Å². The van der Waals surface area contributed by atoms with E-state index in [0.29, 0.717) is 13.0 Å². The van der Waals surface area contributed by atoms with Crippen molar-refractivity contribution in [1.29, 1.82) is 0 Å². The molecule has 0 heterocycles. The molecule has 3 heteroatoms. The third-order valence-electron chi connectivity index (χ3n) is 1.81. The van der Waals surface area contributed by atoms with Gasteiger partial charge in [0, 0.05) is 13.2 Å². The van der Waals surface area contributed by atoms with Crippen molar-refractivity contribution in [2.75, 3.05) is 13.7 Å². The van der Waals surface area contributed by atoms with Gasteiger partial charge in [-0.15, -0.1) is 0 Å². The highest BCUT2D eigenvalue weighted by Gasteiger charge is 1.94. The average Bonchev–Trinajstić information content (AvgIpc) is 2.16. The molecule has 1 rings (SSSR count). The number of aliphatic hydroxyl groups is 1. The Bertz CT molecular complexity index is 250. The molecular weight excluding hydrogens is 166 g/mol. The number of hydroxylamine groups is 1.